The second kappa shape index (κ2) is 10.5. The third kappa shape index (κ3) is 7.35. The standard InChI is InChI=1S/C18H30N4O2/c1-6-19-18(21-12-17(23)22(4)5)20-11-15-9-7-8-10-16(15)24-13-14(2)3/h7-10,14H,6,11-13H2,1-5H3,(H2,19,20,21). The lowest BCUT2D eigenvalue weighted by Gasteiger charge is -2.15. The van der Waals surface area contributed by atoms with Crippen molar-refractivity contribution in [1.29, 1.82) is 0 Å². The number of hydrogen-bond donors (Lipinski definition) is 2. The van der Waals surface area contributed by atoms with Gasteiger partial charge in [0.05, 0.1) is 19.7 Å². The van der Waals surface area contributed by atoms with Crippen LogP contribution in [0.25, 0.3) is 0 Å². The zero-order valence-electron chi connectivity index (χ0n) is 15.4. The molecule has 0 saturated heterocycles. The van der Waals surface area contributed by atoms with E-state index in [4.69, 9.17) is 4.74 Å². The van der Waals surface area contributed by atoms with Gasteiger partial charge in [-0.15, -0.1) is 0 Å². The topological polar surface area (TPSA) is 66.0 Å². The number of carbonyl (C=O) groups excluding carboxylic acids is 1. The lowest BCUT2D eigenvalue weighted by molar-refractivity contribution is -0.127. The number of benzene rings is 1. The fourth-order valence-corrected chi connectivity index (χ4v) is 1.86. The monoisotopic (exact) mass is 334 g/mol. The molecule has 0 aliphatic carbocycles. The van der Waals surface area contributed by atoms with E-state index in [-0.39, 0.29) is 12.5 Å². The van der Waals surface area contributed by atoms with Crippen LogP contribution in [0.15, 0.2) is 29.3 Å². The number of para-hydroxylation sites is 1. The number of nitrogens with one attached hydrogen (secondary N) is 2. The molecular formula is C18H30N4O2. The van der Waals surface area contributed by atoms with E-state index in [1.807, 2.05) is 31.2 Å². The minimum atomic E-state index is 0.00118. The summed E-state index contributed by atoms with van der Waals surface area (Å²) in [5, 5.41) is 6.19. The van der Waals surface area contributed by atoms with Crippen molar-refractivity contribution < 1.29 is 9.53 Å². The molecule has 0 aliphatic rings. The first kappa shape index (κ1) is 19.8. The maximum absolute atomic E-state index is 11.7. The van der Waals surface area contributed by atoms with Gasteiger partial charge in [0.1, 0.15) is 5.75 Å². The molecule has 0 fully saturated rings. The molecule has 1 aromatic carbocycles. The van der Waals surface area contributed by atoms with E-state index in [2.05, 4.69) is 29.5 Å². The molecule has 0 radical (unpaired) electrons. The summed E-state index contributed by atoms with van der Waals surface area (Å²) in [5.74, 6) is 1.94. The molecule has 6 heteroatoms. The van der Waals surface area contributed by atoms with Gasteiger partial charge < -0.3 is 20.3 Å². The van der Waals surface area contributed by atoms with Crippen molar-refractivity contribution in [3.63, 3.8) is 0 Å². The lowest BCUT2D eigenvalue weighted by atomic mass is 10.2. The van der Waals surface area contributed by atoms with Crippen molar-refractivity contribution in [2.75, 3.05) is 33.8 Å². The van der Waals surface area contributed by atoms with Gasteiger partial charge in [-0.05, 0) is 18.9 Å². The Kier molecular flexibility index (Phi) is 8.68. The smallest absolute Gasteiger partial charge is 0.241 e. The van der Waals surface area contributed by atoms with Crippen LogP contribution in [0.1, 0.15) is 26.3 Å². The number of amides is 1. The van der Waals surface area contributed by atoms with Crippen LogP contribution in [-0.4, -0.2) is 50.6 Å². The third-order valence-electron chi connectivity index (χ3n) is 3.20. The van der Waals surface area contributed by atoms with Crippen LogP contribution in [0.4, 0.5) is 0 Å². The fraction of sp³-hybridized carbons (Fsp3) is 0.556. The van der Waals surface area contributed by atoms with Crippen molar-refractivity contribution in [2.24, 2.45) is 10.9 Å². The number of hydrogen-bond acceptors (Lipinski definition) is 3. The Morgan fingerprint density at radius 3 is 2.58 bits per heavy atom. The van der Waals surface area contributed by atoms with Crippen LogP contribution in [0.3, 0.4) is 0 Å². The van der Waals surface area contributed by atoms with E-state index in [1.165, 1.54) is 0 Å². The summed E-state index contributed by atoms with van der Waals surface area (Å²) in [6.07, 6.45) is 0. The first-order chi connectivity index (χ1) is 11.4. The van der Waals surface area contributed by atoms with Gasteiger partial charge in [-0.25, -0.2) is 4.99 Å². The second-order valence-corrected chi connectivity index (χ2v) is 6.15. The van der Waals surface area contributed by atoms with Gasteiger partial charge in [-0.1, -0.05) is 32.0 Å². The van der Waals surface area contributed by atoms with Gasteiger partial charge in [0.15, 0.2) is 5.96 Å². The molecule has 0 aromatic heterocycles. The van der Waals surface area contributed by atoms with E-state index in [9.17, 15) is 4.79 Å². The van der Waals surface area contributed by atoms with Gasteiger partial charge in [0.2, 0.25) is 5.91 Å². The number of guanidine groups is 1. The Morgan fingerprint density at radius 2 is 1.96 bits per heavy atom. The minimum absolute atomic E-state index is 0.00118. The number of likely N-dealkylation sites (N-methyl/N-ethyl adjacent to an activating group) is 1. The molecule has 24 heavy (non-hydrogen) atoms. The van der Waals surface area contributed by atoms with Gasteiger partial charge in [-0.2, -0.15) is 0 Å². The Bertz CT molecular complexity index is 542. The molecule has 0 spiro atoms. The highest BCUT2D eigenvalue weighted by atomic mass is 16.5. The number of ether oxygens (including phenoxy) is 1. The first-order valence-electron chi connectivity index (χ1n) is 8.37. The van der Waals surface area contributed by atoms with Crippen LogP contribution in [0, 0.1) is 5.92 Å². The average molecular weight is 334 g/mol. The highest BCUT2D eigenvalue weighted by Crippen LogP contribution is 2.19. The number of rotatable bonds is 8. The fourth-order valence-electron chi connectivity index (χ4n) is 1.86. The van der Waals surface area contributed by atoms with Crippen LogP contribution in [0.2, 0.25) is 0 Å². The number of aliphatic imine (C=N–C) groups is 1. The van der Waals surface area contributed by atoms with E-state index in [0.29, 0.717) is 25.0 Å². The van der Waals surface area contributed by atoms with Crippen LogP contribution in [-0.2, 0) is 11.3 Å². The molecule has 0 saturated carbocycles. The summed E-state index contributed by atoms with van der Waals surface area (Å²) in [7, 11) is 3.47. The molecule has 1 rings (SSSR count). The van der Waals surface area contributed by atoms with Crippen molar-refractivity contribution in [2.45, 2.75) is 27.3 Å². The van der Waals surface area contributed by atoms with Crippen molar-refractivity contribution in [3.8, 4) is 5.75 Å². The maximum atomic E-state index is 11.7. The predicted octanol–water partition coefficient (Wildman–Crippen LogP) is 1.86. The van der Waals surface area contributed by atoms with E-state index in [0.717, 1.165) is 17.9 Å². The molecule has 2 N–H and O–H groups in total. The Balaban J connectivity index is 2.73. The largest absolute Gasteiger partial charge is 0.493 e. The van der Waals surface area contributed by atoms with Crippen molar-refractivity contribution >= 4 is 11.9 Å². The minimum Gasteiger partial charge on any atom is -0.493 e. The molecule has 6 nitrogen and oxygen atoms in total. The van der Waals surface area contributed by atoms with Gasteiger partial charge >= 0.3 is 0 Å². The third-order valence-corrected chi connectivity index (χ3v) is 3.20. The summed E-state index contributed by atoms with van der Waals surface area (Å²) in [4.78, 5) is 17.8. The molecule has 0 unspecified atom stereocenters. The van der Waals surface area contributed by atoms with Gasteiger partial charge in [0, 0.05) is 26.2 Å². The van der Waals surface area contributed by atoms with Crippen LogP contribution >= 0.6 is 0 Å². The molecule has 0 heterocycles. The predicted molar refractivity (Wildman–Crippen MR) is 98.3 cm³/mol. The summed E-state index contributed by atoms with van der Waals surface area (Å²) in [6.45, 7) is 8.34. The normalized spacial score (nSPS) is 11.3. The van der Waals surface area contributed by atoms with Gasteiger partial charge in [-0.3, -0.25) is 4.79 Å². The first-order valence-corrected chi connectivity index (χ1v) is 8.37. The number of nitrogens with zero attached hydrogens (tertiary/aromatic N) is 2. The molecule has 134 valence electrons. The zero-order valence-corrected chi connectivity index (χ0v) is 15.4. The Hall–Kier alpha value is -2.24. The van der Waals surface area contributed by atoms with Crippen LogP contribution in [0.5, 0.6) is 5.75 Å². The summed E-state index contributed by atoms with van der Waals surface area (Å²) in [5.41, 5.74) is 1.02. The van der Waals surface area contributed by atoms with Gasteiger partial charge in [0.25, 0.3) is 0 Å². The average Bonchev–Trinajstić information content (AvgIpc) is 2.55. The van der Waals surface area contributed by atoms with Crippen LogP contribution < -0.4 is 15.4 Å². The maximum Gasteiger partial charge on any atom is 0.241 e. The van der Waals surface area contributed by atoms with E-state index in [1.54, 1.807) is 19.0 Å². The van der Waals surface area contributed by atoms with E-state index >= 15 is 0 Å². The summed E-state index contributed by atoms with van der Waals surface area (Å²) < 4.78 is 5.85. The van der Waals surface area contributed by atoms with Crippen molar-refractivity contribution in [1.82, 2.24) is 15.5 Å². The molecule has 0 atom stereocenters. The summed E-state index contributed by atoms with van der Waals surface area (Å²) in [6, 6.07) is 7.90. The Morgan fingerprint density at radius 1 is 1.25 bits per heavy atom. The highest BCUT2D eigenvalue weighted by Gasteiger charge is 2.07. The molecule has 1 amide bonds. The second-order valence-electron chi connectivity index (χ2n) is 6.15. The number of carbonyl (C=O) groups is 1. The SMILES string of the molecule is CCNC(=NCc1ccccc1OCC(C)C)NCC(=O)N(C)C. The molecule has 1 aromatic rings. The van der Waals surface area contributed by atoms with Crippen molar-refractivity contribution in [3.05, 3.63) is 29.8 Å². The molecule has 0 bridgehead atoms. The van der Waals surface area contributed by atoms with E-state index < -0.39 is 0 Å². The lowest BCUT2D eigenvalue weighted by Crippen LogP contribution is -2.42. The quantitative estimate of drug-likeness (QED) is 0.563. The zero-order chi connectivity index (χ0) is 17.9. The molecular weight excluding hydrogens is 304 g/mol. The highest BCUT2D eigenvalue weighted by molar-refractivity contribution is 5.86. The molecule has 0 aliphatic heterocycles. The summed E-state index contributed by atoms with van der Waals surface area (Å²) >= 11 is 0. The Labute approximate surface area is 145 Å².